The Hall–Kier alpha value is 0.1000. The SMILES string of the molecule is CN(C)CC1CCN(Cc2cc(Br)cs2)CC1. The van der Waals surface area contributed by atoms with E-state index in [0.717, 1.165) is 12.5 Å². The minimum Gasteiger partial charge on any atom is -0.309 e. The van der Waals surface area contributed by atoms with Gasteiger partial charge in [-0.25, -0.2) is 0 Å². The van der Waals surface area contributed by atoms with Crippen molar-refractivity contribution in [2.24, 2.45) is 5.92 Å². The van der Waals surface area contributed by atoms with Crippen molar-refractivity contribution >= 4 is 27.3 Å². The molecule has 0 unspecified atom stereocenters. The van der Waals surface area contributed by atoms with Gasteiger partial charge >= 0.3 is 0 Å². The maximum Gasteiger partial charge on any atom is 0.0328 e. The molecular weight excluding hydrogens is 296 g/mol. The molecule has 0 saturated carbocycles. The Balaban J connectivity index is 1.75. The van der Waals surface area contributed by atoms with Gasteiger partial charge < -0.3 is 4.90 Å². The number of thiophene rings is 1. The van der Waals surface area contributed by atoms with Gasteiger partial charge in [-0.3, -0.25) is 4.90 Å². The van der Waals surface area contributed by atoms with E-state index < -0.39 is 0 Å². The summed E-state index contributed by atoms with van der Waals surface area (Å²) in [4.78, 5) is 6.38. The van der Waals surface area contributed by atoms with Crippen LogP contribution in [0.25, 0.3) is 0 Å². The molecule has 0 bridgehead atoms. The van der Waals surface area contributed by atoms with Crippen molar-refractivity contribution in [3.8, 4) is 0 Å². The summed E-state index contributed by atoms with van der Waals surface area (Å²) in [6.07, 6.45) is 2.70. The van der Waals surface area contributed by atoms with E-state index >= 15 is 0 Å². The Morgan fingerprint density at radius 2 is 2.12 bits per heavy atom. The zero-order valence-corrected chi connectivity index (χ0v) is 13.1. The van der Waals surface area contributed by atoms with Crippen LogP contribution in [-0.2, 0) is 6.54 Å². The van der Waals surface area contributed by atoms with Gasteiger partial charge in [0.1, 0.15) is 0 Å². The van der Waals surface area contributed by atoms with E-state index in [9.17, 15) is 0 Å². The molecule has 2 nitrogen and oxygen atoms in total. The van der Waals surface area contributed by atoms with Crippen LogP contribution in [0.15, 0.2) is 15.9 Å². The van der Waals surface area contributed by atoms with Crippen molar-refractivity contribution < 1.29 is 0 Å². The molecule has 4 heteroatoms. The lowest BCUT2D eigenvalue weighted by atomic mass is 9.96. The number of nitrogens with zero attached hydrogens (tertiary/aromatic N) is 2. The average Bonchev–Trinajstić information content (AvgIpc) is 2.66. The van der Waals surface area contributed by atoms with E-state index in [1.807, 2.05) is 11.3 Å². The van der Waals surface area contributed by atoms with Gasteiger partial charge in [0.2, 0.25) is 0 Å². The minimum absolute atomic E-state index is 0.899. The number of rotatable bonds is 4. The highest BCUT2D eigenvalue weighted by molar-refractivity contribution is 9.10. The maximum absolute atomic E-state index is 3.52. The molecule has 0 spiro atoms. The van der Waals surface area contributed by atoms with Crippen LogP contribution in [0.4, 0.5) is 0 Å². The Morgan fingerprint density at radius 3 is 2.65 bits per heavy atom. The van der Waals surface area contributed by atoms with Gasteiger partial charge in [0.15, 0.2) is 0 Å². The van der Waals surface area contributed by atoms with Gasteiger partial charge in [-0.15, -0.1) is 11.3 Å². The highest BCUT2D eigenvalue weighted by Crippen LogP contribution is 2.24. The molecule has 0 aliphatic carbocycles. The zero-order chi connectivity index (χ0) is 12.3. The van der Waals surface area contributed by atoms with Crippen LogP contribution >= 0.6 is 27.3 Å². The maximum atomic E-state index is 3.52. The van der Waals surface area contributed by atoms with Gasteiger partial charge in [-0.05, 0) is 67.9 Å². The molecule has 0 N–H and O–H groups in total. The number of piperidine rings is 1. The standard InChI is InChI=1S/C13H21BrN2S/c1-15(2)8-11-3-5-16(6-4-11)9-13-7-12(14)10-17-13/h7,10-11H,3-6,8-9H2,1-2H3. The van der Waals surface area contributed by atoms with Crippen molar-refractivity contribution in [1.82, 2.24) is 9.80 Å². The van der Waals surface area contributed by atoms with Crippen LogP contribution in [0, 0.1) is 5.92 Å². The Kier molecular flexibility index (Phi) is 5.03. The fourth-order valence-electron chi connectivity index (χ4n) is 2.50. The fourth-order valence-corrected chi connectivity index (χ4v) is 3.99. The summed E-state index contributed by atoms with van der Waals surface area (Å²) in [5.74, 6) is 0.899. The van der Waals surface area contributed by atoms with E-state index in [-0.39, 0.29) is 0 Å². The summed E-state index contributed by atoms with van der Waals surface area (Å²) in [5, 5.41) is 2.17. The highest BCUT2D eigenvalue weighted by Gasteiger charge is 2.19. The van der Waals surface area contributed by atoms with Crippen molar-refractivity contribution in [2.75, 3.05) is 33.7 Å². The molecule has 1 aliphatic rings. The second kappa shape index (κ2) is 6.32. The molecule has 96 valence electrons. The molecule has 0 radical (unpaired) electrons. The van der Waals surface area contributed by atoms with Crippen LogP contribution < -0.4 is 0 Å². The van der Waals surface area contributed by atoms with E-state index in [1.54, 1.807) is 0 Å². The van der Waals surface area contributed by atoms with Crippen molar-refractivity contribution in [1.29, 1.82) is 0 Å². The number of likely N-dealkylation sites (tertiary alicyclic amines) is 1. The molecule has 0 atom stereocenters. The Labute approximate surface area is 117 Å². The summed E-state index contributed by atoms with van der Waals surface area (Å²) in [6, 6.07) is 2.25. The number of hydrogen-bond acceptors (Lipinski definition) is 3. The molecular formula is C13H21BrN2S. The predicted octanol–water partition coefficient (Wildman–Crippen LogP) is 3.28. The summed E-state index contributed by atoms with van der Waals surface area (Å²) in [5.41, 5.74) is 0. The first kappa shape index (κ1) is 13.5. The third-order valence-electron chi connectivity index (χ3n) is 3.33. The average molecular weight is 317 g/mol. The second-order valence-corrected chi connectivity index (χ2v) is 7.12. The summed E-state index contributed by atoms with van der Waals surface area (Å²) in [7, 11) is 4.35. The molecule has 1 aliphatic heterocycles. The van der Waals surface area contributed by atoms with E-state index in [1.165, 1.54) is 41.8 Å². The Morgan fingerprint density at radius 1 is 1.41 bits per heavy atom. The number of hydrogen-bond donors (Lipinski definition) is 0. The van der Waals surface area contributed by atoms with Crippen molar-refractivity contribution in [2.45, 2.75) is 19.4 Å². The monoisotopic (exact) mass is 316 g/mol. The highest BCUT2D eigenvalue weighted by atomic mass is 79.9. The Bertz CT molecular complexity index is 343. The molecule has 1 aromatic rings. The van der Waals surface area contributed by atoms with E-state index in [0.29, 0.717) is 0 Å². The second-order valence-electron chi connectivity index (χ2n) is 5.21. The lowest BCUT2D eigenvalue weighted by Crippen LogP contribution is -2.36. The van der Waals surface area contributed by atoms with Crippen LogP contribution in [0.5, 0.6) is 0 Å². The normalized spacial score (nSPS) is 19.1. The van der Waals surface area contributed by atoms with Gasteiger partial charge in [0.05, 0.1) is 0 Å². The molecule has 2 heterocycles. The molecule has 17 heavy (non-hydrogen) atoms. The largest absolute Gasteiger partial charge is 0.309 e. The molecule has 1 fully saturated rings. The third-order valence-corrected chi connectivity index (χ3v) is 5.01. The van der Waals surface area contributed by atoms with Gasteiger partial charge in [-0.2, -0.15) is 0 Å². The first-order valence-electron chi connectivity index (χ1n) is 6.23. The third kappa shape index (κ3) is 4.36. The molecule has 0 amide bonds. The lowest BCUT2D eigenvalue weighted by molar-refractivity contribution is 0.158. The van der Waals surface area contributed by atoms with Crippen LogP contribution in [0.2, 0.25) is 0 Å². The zero-order valence-electron chi connectivity index (χ0n) is 10.7. The van der Waals surface area contributed by atoms with Crippen LogP contribution in [0.1, 0.15) is 17.7 Å². The molecule has 1 saturated heterocycles. The van der Waals surface area contributed by atoms with Gasteiger partial charge in [-0.1, -0.05) is 0 Å². The topological polar surface area (TPSA) is 6.48 Å². The van der Waals surface area contributed by atoms with E-state index in [4.69, 9.17) is 0 Å². The fraction of sp³-hybridized carbons (Fsp3) is 0.692. The summed E-state index contributed by atoms with van der Waals surface area (Å²) < 4.78 is 1.22. The smallest absolute Gasteiger partial charge is 0.0328 e. The van der Waals surface area contributed by atoms with Gasteiger partial charge in [0, 0.05) is 27.8 Å². The van der Waals surface area contributed by atoms with E-state index in [2.05, 4.69) is 51.3 Å². The first-order chi connectivity index (χ1) is 8.13. The summed E-state index contributed by atoms with van der Waals surface area (Å²) in [6.45, 7) is 4.89. The van der Waals surface area contributed by atoms with Crippen molar-refractivity contribution in [3.05, 3.63) is 20.8 Å². The summed E-state index contributed by atoms with van der Waals surface area (Å²) >= 11 is 5.38. The van der Waals surface area contributed by atoms with Crippen LogP contribution in [-0.4, -0.2) is 43.5 Å². The lowest BCUT2D eigenvalue weighted by Gasteiger charge is -2.32. The quantitative estimate of drug-likeness (QED) is 0.841. The molecule has 0 aromatic carbocycles. The predicted molar refractivity (Wildman–Crippen MR) is 78.6 cm³/mol. The number of halogens is 1. The molecule has 1 aromatic heterocycles. The molecule has 2 rings (SSSR count). The van der Waals surface area contributed by atoms with Crippen molar-refractivity contribution in [3.63, 3.8) is 0 Å². The van der Waals surface area contributed by atoms with Gasteiger partial charge in [0.25, 0.3) is 0 Å². The minimum atomic E-state index is 0.899. The van der Waals surface area contributed by atoms with Crippen LogP contribution in [0.3, 0.4) is 0 Å². The first-order valence-corrected chi connectivity index (χ1v) is 7.91.